The highest BCUT2D eigenvalue weighted by Crippen LogP contribution is 2.39. The van der Waals surface area contributed by atoms with Gasteiger partial charge in [0.25, 0.3) is 0 Å². The highest BCUT2D eigenvalue weighted by molar-refractivity contribution is 6.25. The summed E-state index contributed by atoms with van der Waals surface area (Å²) in [5, 5.41) is 18.5. The van der Waals surface area contributed by atoms with Crippen LogP contribution in [0.1, 0.15) is 12.5 Å². The Labute approximate surface area is 216 Å². The van der Waals surface area contributed by atoms with Gasteiger partial charge < -0.3 is 5.41 Å². The number of hydrogen-bond donors (Lipinski definition) is 1. The van der Waals surface area contributed by atoms with Gasteiger partial charge in [-0.3, -0.25) is 0 Å². The van der Waals surface area contributed by atoms with Crippen molar-refractivity contribution in [2.45, 2.75) is 6.92 Å². The molecule has 0 amide bonds. The number of rotatable bonds is 3. The van der Waals surface area contributed by atoms with E-state index in [1.807, 2.05) is 6.92 Å². The van der Waals surface area contributed by atoms with Crippen LogP contribution in [-0.4, -0.2) is 5.71 Å². The molecule has 0 bridgehead atoms. The fourth-order valence-electron chi connectivity index (χ4n) is 5.84. The lowest BCUT2D eigenvalue weighted by atomic mass is 9.89. The zero-order chi connectivity index (χ0) is 24.9. The highest BCUT2D eigenvalue weighted by atomic mass is 14.4. The Bertz CT molecular complexity index is 1980. The summed E-state index contributed by atoms with van der Waals surface area (Å²) in [7, 11) is 0. The van der Waals surface area contributed by atoms with E-state index in [0.717, 1.165) is 16.7 Å². The van der Waals surface area contributed by atoms with Gasteiger partial charge >= 0.3 is 0 Å². The maximum Gasteiger partial charge on any atom is 0.0361 e. The standard InChI is InChI=1S/C36H25N/c1-23(37)28-19-17-24-9-2-3-12-29(24)36(28)27-11-8-10-25(21-27)26-18-20-34-32-15-5-4-13-30(32)31-14-6-7-16-33(31)35(34)22-26/h2-22,37H,1H3. The summed E-state index contributed by atoms with van der Waals surface area (Å²) in [4.78, 5) is 0. The Kier molecular flexibility index (Phi) is 4.90. The van der Waals surface area contributed by atoms with Crippen LogP contribution < -0.4 is 0 Å². The van der Waals surface area contributed by atoms with Gasteiger partial charge in [0, 0.05) is 11.3 Å². The summed E-state index contributed by atoms with van der Waals surface area (Å²) >= 11 is 0. The van der Waals surface area contributed by atoms with Crippen molar-refractivity contribution in [1.29, 1.82) is 5.41 Å². The van der Waals surface area contributed by atoms with Crippen LogP contribution in [-0.2, 0) is 0 Å². The quantitative estimate of drug-likeness (QED) is 0.196. The van der Waals surface area contributed by atoms with Crippen LogP contribution in [0, 0.1) is 5.41 Å². The fraction of sp³-hybridized carbons (Fsp3) is 0.0278. The lowest BCUT2D eigenvalue weighted by Gasteiger charge is -2.15. The first-order chi connectivity index (χ1) is 18.2. The van der Waals surface area contributed by atoms with E-state index in [2.05, 4.69) is 127 Å². The van der Waals surface area contributed by atoms with E-state index in [4.69, 9.17) is 5.41 Å². The Morgan fingerprint density at radius 2 is 0.973 bits per heavy atom. The molecule has 0 aromatic heterocycles. The number of fused-ring (bicyclic) bond motifs is 7. The molecule has 1 nitrogen and oxygen atoms in total. The van der Waals surface area contributed by atoms with Crippen LogP contribution in [0.25, 0.3) is 65.3 Å². The third kappa shape index (κ3) is 3.43. The van der Waals surface area contributed by atoms with Crippen LogP contribution in [0.4, 0.5) is 0 Å². The Morgan fingerprint density at radius 1 is 0.432 bits per heavy atom. The molecule has 0 spiro atoms. The molecule has 1 heteroatoms. The Balaban J connectivity index is 1.47. The van der Waals surface area contributed by atoms with E-state index in [1.165, 1.54) is 54.2 Å². The second-order valence-corrected chi connectivity index (χ2v) is 9.77. The molecular weight excluding hydrogens is 446 g/mol. The normalized spacial score (nSPS) is 11.5. The van der Waals surface area contributed by atoms with Crippen molar-refractivity contribution >= 4 is 48.8 Å². The maximum absolute atomic E-state index is 8.45. The zero-order valence-electron chi connectivity index (χ0n) is 20.6. The second kappa shape index (κ2) is 8.43. The van der Waals surface area contributed by atoms with Gasteiger partial charge in [0.15, 0.2) is 0 Å². The maximum atomic E-state index is 8.45. The van der Waals surface area contributed by atoms with E-state index in [1.54, 1.807) is 0 Å². The molecule has 7 aromatic carbocycles. The highest BCUT2D eigenvalue weighted by Gasteiger charge is 2.14. The molecule has 174 valence electrons. The van der Waals surface area contributed by atoms with Gasteiger partial charge in [-0.2, -0.15) is 0 Å². The molecule has 0 saturated heterocycles. The fourth-order valence-corrected chi connectivity index (χ4v) is 5.84. The van der Waals surface area contributed by atoms with Gasteiger partial charge in [-0.05, 0) is 84.4 Å². The topological polar surface area (TPSA) is 23.9 Å². The van der Waals surface area contributed by atoms with Crippen molar-refractivity contribution in [3.8, 4) is 22.3 Å². The summed E-state index contributed by atoms with van der Waals surface area (Å²) in [5.74, 6) is 0. The molecule has 0 unspecified atom stereocenters. The van der Waals surface area contributed by atoms with E-state index in [0.29, 0.717) is 5.71 Å². The Hall–Kier alpha value is -4.75. The molecule has 1 N–H and O–H groups in total. The molecule has 0 aliphatic rings. The third-order valence-electron chi connectivity index (χ3n) is 7.56. The average molecular weight is 472 g/mol. The van der Waals surface area contributed by atoms with Gasteiger partial charge in [0.2, 0.25) is 0 Å². The minimum absolute atomic E-state index is 0.579. The molecule has 37 heavy (non-hydrogen) atoms. The largest absolute Gasteiger partial charge is 0.305 e. The number of hydrogen-bond acceptors (Lipinski definition) is 1. The van der Waals surface area contributed by atoms with Crippen LogP contribution in [0.3, 0.4) is 0 Å². The first-order valence-corrected chi connectivity index (χ1v) is 12.7. The molecule has 0 atom stereocenters. The van der Waals surface area contributed by atoms with Crippen molar-refractivity contribution in [2.24, 2.45) is 0 Å². The summed E-state index contributed by atoms with van der Waals surface area (Å²) < 4.78 is 0. The monoisotopic (exact) mass is 471 g/mol. The summed E-state index contributed by atoms with van der Waals surface area (Å²) in [6, 6.07) is 45.7. The lowest BCUT2D eigenvalue weighted by Crippen LogP contribution is -1.97. The molecular formula is C36H25N. The predicted octanol–water partition coefficient (Wildman–Crippen LogP) is 10.0. The minimum atomic E-state index is 0.579. The number of nitrogens with one attached hydrogen (secondary N) is 1. The molecule has 7 rings (SSSR count). The first kappa shape index (κ1) is 21.5. The van der Waals surface area contributed by atoms with Crippen LogP contribution in [0.2, 0.25) is 0 Å². The van der Waals surface area contributed by atoms with Crippen molar-refractivity contribution in [1.82, 2.24) is 0 Å². The third-order valence-corrected chi connectivity index (χ3v) is 7.56. The van der Waals surface area contributed by atoms with E-state index in [-0.39, 0.29) is 0 Å². The molecule has 0 heterocycles. The van der Waals surface area contributed by atoms with Gasteiger partial charge in [-0.1, -0.05) is 115 Å². The van der Waals surface area contributed by atoms with Gasteiger partial charge in [0.05, 0.1) is 0 Å². The number of benzene rings is 7. The first-order valence-electron chi connectivity index (χ1n) is 12.7. The van der Waals surface area contributed by atoms with E-state index >= 15 is 0 Å². The average Bonchev–Trinajstić information content (AvgIpc) is 2.96. The molecule has 0 fully saturated rings. The van der Waals surface area contributed by atoms with Gasteiger partial charge in [-0.15, -0.1) is 0 Å². The zero-order valence-corrected chi connectivity index (χ0v) is 20.6. The van der Waals surface area contributed by atoms with Gasteiger partial charge in [0.1, 0.15) is 0 Å². The second-order valence-electron chi connectivity index (χ2n) is 9.77. The summed E-state index contributed by atoms with van der Waals surface area (Å²) in [6.07, 6.45) is 0. The van der Waals surface area contributed by atoms with Crippen LogP contribution in [0.15, 0.2) is 127 Å². The van der Waals surface area contributed by atoms with E-state index < -0.39 is 0 Å². The van der Waals surface area contributed by atoms with Crippen LogP contribution in [0.5, 0.6) is 0 Å². The predicted molar refractivity (Wildman–Crippen MR) is 160 cm³/mol. The molecule has 0 aliphatic carbocycles. The smallest absolute Gasteiger partial charge is 0.0361 e. The molecule has 7 aromatic rings. The van der Waals surface area contributed by atoms with Crippen molar-refractivity contribution in [2.75, 3.05) is 0 Å². The lowest BCUT2D eigenvalue weighted by molar-refractivity contribution is 1.46. The molecule has 0 radical (unpaired) electrons. The molecule has 0 saturated carbocycles. The van der Waals surface area contributed by atoms with E-state index in [9.17, 15) is 0 Å². The Morgan fingerprint density at radius 3 is 1.65 bits per heavy atom. The van der Waals surface area contributed by atoms with Crippen molar-refractivity contribution in [3.63, 3.8) is 0 Å². The summed E-state index contributed by atoms with van der Waals surface area (Å²) in [6.45, 7) is 1.87. The minimum Gasteiger partial charge on any atom is -0.305 e. The van der Waals surface area contributed by atoms with Crippen molar-refractivity contribution in [3.05, 3.63) is 133 Å². The summed E-state index contributed by atoms with van der Waals surface area (Å²) in [5.41, 5.74) is 6.20. The SMILES string of the molecule is CC(=N)c1ccc2ccccc2c1-c1cccc(-c2ccc3c4ccccc4c4ccccc4c3c2)c1. The van der Waals surface area contributed by atoms with Crippen LogP contribution >= 0.6 is 0 Å². The molecule has 0 aliphatic heterocycles. The van der Waals surface area contributed by atoms with Gasteiger partial charge in [-0.25, -0.2) is 0 Å². The van der Waals surface area contributed by atoms with Crippen molar-refractivity contribution < 1.29 is 0 Å².